The Kier molecular flexibility index (Phi) is 5.77. The van der Waals surface area contributed by atoms with E-state index in [1.807, 2.05) is 13.0 Å². The Morgan fingerprint density at radius 1 is 1.25 bits per heavy atom. The summed E-state index contributed by atoms with van der Waals surface area (Å²) in [5.74, 6) is 0.222. The summed E-state index contributed by atoms with van der Waals surface area (Å²) < 4.78 is 46.4. The van der Waals surface area contributed by atoms with E-state index >= 15 is 0 Å². The molecule has 3 aromatic rings. The molecule has 32 heavy (non-hydrogen) atoms. The number of halogens is 3. The quantitative estimate of drug-likeness (QED) is 0.571. The molecule has 168 valence electrons. The van der Waals surface area contributed by atoms with Gasteiger partial charge in [-0.25, -0.2) is 4.68 Å². The normalized spacial score (nSPS) is 13.7. The molecule has 4 rings (SSSR count). The molecule has 1 aromatic carbocycles. The van der Waals surface area contributed by atoms with Gasteiger partial charge in [-0.1, -0.05) is 0 Å². The molecule has 2 heterocycles. The number of aryl methyl sites for hydroxylation is 1. The lowest BCUT2D eigenvalue weighted by atomic mass is 10.1. The molecule has 0 atom stereocenters. The van der Waals surface area contributed by atoms with Crippen LogP contribution in [-0.2, 0) is 17.4 Å². The van der Waals surface area contributed by atoms with Gasteiger partial charge in [0.2, 0.25) is 5.91 Å². The number of benzene rings is 1. The van der Waals surface area contributed by atoms with Crippen LogP contribution in [0.25, 0.3) is 5.69 Å². The maximum Gasteiger partial charge on any atom is 0.416 e. The first kappa shape index (κ1) is 21.7. The number of hydrogen-bond donors (Lipinski definition) is 2. The summed E-state index contributed by atoms with van der Waals surface area (Å²) in [5.41, 5.74) is 1.29. The maximum absolute atomic E-state index is 13.3. The van der Waals surface area contributed by atoms with Crippen molar-refractivity contribution in [2.45, 2.75) is 38.4 Å². The topological polar surface area (TPSA) is 81.1 Å². The highest BCUT2D eigenvalue weighted by atomic mass is 19.4. The molecule has 2 aromatic heterocycles. The van der Waals surface area contributed by atoms with Crippen LogP contribution in [-0.4, -0.2) is 33.8 Å². The van der Waals surface area contributed by atoms with Gasteiger partial charge >= 0.3 is 6.18 Å². The number of anilines is 2. The Morgan fingerprint density at radius 3 is 2.69 bits per heavy atom. The van der Waals surface area contributed by atoms with Gasteiger partial charge in [-0.05, 0) is 44.0 Å². The number of carbonyl (C=O) groups excluding carboxylic acids is 1. The summed E-state index contributed by atoms with van der Waals surface area (Å²) in [4.78, 5) is 16.7. The largest absolute Gasteiger partial charge is 0.497 e. The number of hydrogen-bond acceptors (Lipinski definition) is 5. The van der Waals surface area contributed by atoms with E-state index in [1.54, 1.807) is 23.0 Å². The number of amides is 1. The lowest BCUT2D eigenvalue weighted by Crippen LogP contribution is -2.27. The minimum atomic E-state index is -4.52. The van der Waals surface area contributed by atoms with Crippen LogP contribution in [0.3, 0.4) is 0 Å². The number of ether oxygens (including phenoxy) is 1. The third-order valence-electron chi connectivity index (χ3n) is 5.02. The molecule has 2 N–H and O–H groups in total. The van der Waals surface area contributed by atoms with Gasteiger partial charge in [0.15, 0.2) is 5.82 Å². The van der Waals surface area contributed by atoms with Crippen molar-refractivity contribution in [1.29, 1.82) is 0 Å². The standard InChI is InChI=1S/C22H22F3N5O2/c1-13-19(4-3-7-26-13)30-17(12-21(31)28-15-5-6-15)11-20(29-30)27-16-8-14(22(23,24)25)9-18(10-16)32-2/h3-4,7-11,15H,5-6,12H2,1-2H3,(H,27,29)(H,28,31). The lowest BCUT2D eigenvalue weighted by Gasteiger charge is -2.12. The average molecular weight is 445 g/mol. The van der Waals surface area contributed by atoms with Crippen LogP contribution < -0.4 is 15.4 Å². The highest BCUT2D eigenvalue weighted by Crippen LogP contribution is 2.35. The first-order valence-corrected chi connectivity index (χ1v) is 10.1. The van der Waals surface area contributed by atoms with E-state index in [0.29, 0.717) is 22.9 Å². The summed E-state index contributed by atoms with van der Waals surface area (Å²) >= 11 is 0. The highest BCUT2D eigenvalue weighted by Gasteiger charge is 2.31. The van der Waals surface area contributed by atoms with Crippen molar-refractivity contribution in [2.24, 2.45) is 0 Å². The third kappa shape index (κ3) is 5.01. The molecule has 1 aliphatic rings. The minimum Gasteiger partial charge on any atom is -0.497 e. The van der Waals surface area contributed by atoms with Crippen LogP contribution in [0, 0.1) is 6.92 Å². The monoisotopic (exact) mass is 445 g/mol. The molecule has 10 heteroatoms. The van der Waals surface area contributed by atoms with Gasteiger partial charge in [-0.2, -0.15) is 13.2 Å². The number of nitrogens with one attached hydrogen (secondary N) is 2. The van der Waals surface area contributed by atoms with Crippen LogP contribution in [0.1, 0.15) is 29.8 Å². The zero-order valence-corrected chi connectivity index (χ0v) is 17.5. The van der Waals surface area contributed by atoms with Crippen molar-refractivity contribution in [3.05, 3.63) is 59.5 Å². The van der Waals surface area contributed by atoms with Crippen molar-refractivity contribution in [3.63, 3.8) is 0 Å². The van der Waals surface area contributed by atoms with Gasteiger partial charge < -0.3 is 15.4 Å². The van der Waals surface area contributed by atoms with Crippen LogP contribution in [0.15, 0.2) is 42.6 Å². The number of methoxy groups -OCH3 is 1. The molecule has 0 spiro atoms. The number of alkyl halides is 3. The van der Waals surface area contributed by atoms with E-state index in [9.17, 15) is 18.0 Å². The van der Waals surface area contributed by atoms with E-state index in [2.05, 4.69) is 20.7 Å². The van der Waals surface area contributed by atoms with E-state index in [0.717, 1.165) is 25.0 Å². The number of rotatable bonds is 7. The zero-order valence-electron chi connectivity index (χ0n) is 17.5. The second-order valence-electron chi connectivity index (χ2n) is 7.63. The fraction of sp³-hybridized carbons (Fsp3) is 0.318. The Hall–Kier alpha value is -3.56. The molecular weight excluding hydrogens is 423 g/mol. The molecule has 0 aliphatic heterocycles. The smallest absolute Gasteiger partial charge is 0.416 e. The Morgan fingerprint density at radius 2 is 2.03 bits per heavy atom. The number of aromatic nitrogens is 3. The predicted molar refractivity (Wildman–Crippen MR) is 112 cm³/mol. The average Bonchev–Trinajstić information content (AvgIpc) is 3.46. The van der Waals surface area contributed by atoms with Crippen molar-refractivity contribution < 1.29 is 22.7 Å². The Labute approximate surface area is 182 Å². The first-order chi connectivity index (χ1) is 15.2. The molecular formula is C22H22F3N5O2. The van der Waals surface area contributed by atoms with Gasteiger partial charge in [0.1, 0.15) is 5.75 Å². The molecule has 1 fully saturated rings. The number of pyridine rings is 1. The van der Waals surface area contributed by atoms with Gasteiger partial charge in [0, 0.05) is 30.1 Å². The summed E-state index contributed by atoms with van der Waals surface area (Å²) in [6.07, 6.45) is -0.863. The van der Waals surface area contributed by atoms with Crippen LogP contribution in [0.5, 0.6) is 5.75 Å². The zero-order chi connectivity index (χ0) is 22.9. The van der Waals surface area contributed by atoms with E-state index in [-0.39, 0.29) is 29.8 Å². The predicted octanol–water partition coefficient (Wildman–Crippen LogP) is 4.17. The minimum absolute atomic E-state index is 0.0638. The van der Waals surface area contributed by atoms with Crippen LogP contribution >= 0.6 is 0 Å². The molecule has 1 saturated carbocycles. The van der Waals surface area contributed by atoms with Crippen LogP contribution in [0.2, 0.25) is 0 Å². The molecule has 7 nitrogen and oxygen atoms in total. The maximum atomic E-state index is 13.3. The summed E-state index contributed by atoms with van der Waals surface area (Å²) in [6.45, 7) is 1.82. The molecule has 1 aliphatic carbocycles. The fourth-order valence-electron chi connectivity index (χ4n) is 3.29. The molecule has 0 unspecified atom stereocenters. The van der Waals surface area contributed by atoms with Gasteiger partial charge in [0.25, 0.3) is 0 Å². The Bertz CT molecular complexity index is 1140. The van der Waals surface area contributed by atoms with Crippen molar-refractivity contribution in [3.8, 4) is 11.4 Å². The highest BCUT2D eigenvalue weighted by molar-refractivity contribution is 5.79. The molecule has 1 amide bonds. The van der Waals surface area contributed by atoms with E-state index < -0.39 is 11.7 Å². The second kappa shape index (κ2) is 8.52. The van der Waals surface area contributed by atoms with Crippen molar-refractivity contribution >= 4 is 17.4 Å². The third-order valence-corrected chi connectivity index (χ3v) is 5.02. The summed E-state index contributed by atoms with van der Waals surface area (Å²) in [7, 11) is 1.30. The molecule has 0 radical (unpaired) electrons. The van der Waals surface area contributed by atoms with Crippen molar-refractivity contribution in [1.82, 2.24) is 20.1 Å². The molecule has 0 saturated heterocycles. The summed E-state index contributed by atoms with van der Waals surface area (Å²) in [6, 6.07) is 8.79. The second-order valence-corrected chi connectivity index (χ2v) is 7.63. The van der Waals surface area contributed by atoms with E-state index in [4.69, 9.17) is 4.74 Å². The summed E-state index contributed by atoms with van der Waals surface area (Å²) in [5, 5.41) is 10.3. The number of carbonyl (C=O) groups is 1. The first-order valence-electron chi connectivity index (χ1n) is 10.1. The van der Waals surface area contributed by atoms with Gasteiger partial charge in [-0.15, -0.1) is 5.10 Å². The van der Waals surface area contributed by atoms with Crippen molar-refractivity contribution in [2.75, 3.05) is 12.4 Å². The van der Waals surface area contributed by atoms with Gasteiger partial charge in [-0.3, -0.25) is 9.78 Å². The van der Waals surface area contributed by atoms with Crippen LogP contribution in [0.4, 0.5) is 24.7 Å². The fourth-order valence-corrected chi connectivity index (χ4v) is 3.29. The number of nitrogens with zero attached hydrogens (tertiary/aromatic N) is 3. The van der Waals surface area contributed by atoms with Gasteiger partial charge in [0.05, 0.1) is 36.2 Å². The lowest BCUT2D eigenvalue weighted by molar-refractivity contribution is -0.137. The molecule has 0 bridgehead atoms. The Balaban J connectivity index is 1.68. The SMILES string of the molecule is COc1cc(Nc2cc(CC(=O)NC3CC3)n(-c3cccnc3C)n2)cc(C(F)(F)F)c1. The van der Waals surface area contributed by atoms with E-state index in [1.165, 1.54) is 13.2 Å².